The SMILES string of the molecule is CC(C)c1csc(NC(=O)c2cc(S(=O)(=O)N3CCCCC3)ccc2N2CCOCC2)n1. The number of nitrogens with one attached hydrogen (secondary N) is 1. The number of carbonyl (C=O) groups excluding carboxylic acids is 1. The number of hydrogen-bond donors (Lipinski definition) is 1. The molecule has 2 aromatic rings. The summed E-state index contributed by atoms with van der Waals surface area (Å²) in [6.07, 6.45) is 2.77. The van der Waals surface area contributed by atoms with Gasteiger partial charge in [0.25, 0.3) is 5.91 Å². The molecule has 0 atom stereocenters. The smallest absolute Gasteiger partial charge is 0.259 e. The van der Waals surface area contributed by atoms with Gasteiger partial charge in [-0.05, 0) is 37.0 Å². The monoisotopic (exact) mass is 478 g/mol. The highest BCUT2D eigenvalue weighted by atomic mass is 32.2. The van der Waals surface area contributed by atoms with E-state index in [-0.39, 0.29) is 16.7 Å². The van der Waals surface area contributed by atoms with Crippen molar-refractivity contribution in [1.82, 2.24) is 9.29 Å². The van der Waals surface area contributed by atoms with E-state index < -0.39 is 10.0 Å². The van der Waals surface area contributed by atoms with E-state index in [0.717, 1.165) is 25.0 Å². The predicted molar refractivity (Wildman–Crippen MR) is 126 cm³/mol. The summed E-state index contributed by atoms with van der Waals surface area (Å²) >= 11 is 1.37. The minimum Gasteiger partial charge on any atom is -0.378 e. The van der Waals surface area contributed by atoms with E-state index in [1.165, 1.54) is 21.7 Å². The van der Waals surface area contributed by atoms with E-state index in [9.17, 15) is 13.2 Å². The van der Waals surface area contributed by atoms with Crippen molar-refractivity contribution in [3.63, 3.8) is 0 Å². The van der Waals surface area contributed by atoms with Crippen molar-refractivity contribution in [2.75, 3.05) is 49.6 Å². The number of piperidine rings is 1. The van der Waals surface area contributed by atoms with E-state index >= 15 is 0 Å². The molecule has 174 valence electrons. The largest absolute Gasteiger partial charge is 0.378 e. The molecule has 1 aromatic heterocycles. The number of ether oxygens (including phenoxy) is 1. The van der Waals surface area contributed by atoms with Gasteiger partial charge < -0.3 is 9.64 Å². The van der Waals surface area contributed by atoms with Gasteiger partial charge in [0.05, 0.1) is 29.4 Å². The quantitative estimate of drug-likeness (QED) is 0.683. The van der Waals surface area contributed by atoms with E-state index in [0.29, 0.717) is 55.8 Å². The first-order valence-corrected chi connectivity index (χ1v) is 13.4. The Labute approximate surface area is 193 Å². The van der Waals surface area contributed by atoms with Crippen LogP contribution in [0.5, 0.6) is 0 Å². The molecule has 2 fully saturated rings. The number of morpholine rings is 1. The minimum atomic E-state index is -3.65. The highest BCUT2D eigenvalue weighted by molar-refractivity contribution is 7.89. The van der Waals surface area contributed by atoms with E-state index in [4.69, 9.17) is 4.74 Å². The Kier molecular flexibility index (Phi) is 7.14. The van der Waals surface area contributed by atoms with Gasteiger partial charge in [-0.1, -0.05) is 20.3 Å². The van der Waals surface area contributed by atoms with Crippen LogP contribution in [-0.2, 0) is 14.8 Å². The molecule has 4 rings (SSSR count). The number of amides is 1. The molecule has 32 heavy (non-hydrogen) atoms. The maximum Gasteiger partial charge on any atom is 0.259 e. The van der Waals surface area contributed by atoms with Gasteiger partial charge >= 0.3 is 0 Å². The van der Waals surface area contributed by atoms with Crippen molar-refractivity contribution >= 4 is 38.1 Å². The second-order valence-corrected chi connectivity index (χ2v) is 11.2. The summed E-state index contributed by atoms with van der Waals surface area (Å²) in [4.78, 5) is 20.0. The van der Waals surface area contributed by atoms with Crippen molar-refractivity contribution in [2.45, 2.75) is 43.9 Å². The van der Waals surface area contributed by atoms with Crippen LogP contribution in [0.2, 0.25) is 0 Å². The summed E-state index contributed by atoms with van der Waals surface area (Å²) in [6.45, 7) is 7.56. The van der Waals surface area contributed by atoms with Crippen molar-refractivity contribution < 1.29 is 17.9 Å². The minimum absolute atomic E-state index is 0.156. The number of benzene rings is 1. The highest BCUT2D eigenvalue weighted by Gasteiger charge is 2.29. The van der Waals surface area contributed by atoms with E-state index in [1.807, 2.05) is 19.2 Å². The lowest BCUT2D eigenvalue weighted by Gasteiger charge is -2.31. The summed E-state index contributed by atoms with van der Waals surface area (Å²) in [5.41, 5.74) is 1.97. The fraction of sp³-hybridized carbons (Fsp3) is 0.545. The summed E-state index contributed by atoms with van der Waals surface area (Å²) in [7, 11) is -3.65. The number of nitrogens with zero attached hydrogens (tertiary/aromatic N) is 3. The Hall–Kier alpha value is -2.01. The first-order chi connectivity index (χ1) is 15.4. The van der Waals surface area contributed by atoms with Crippen LogP contribution in [0.1, 0.15) is 55.1 Å². The van der Waals surface area contributed by atoms with Crippen LogP contribution in [0.15, 0.2) is 28.5 Å². The number of sulfonamides is 1. The first kappa shape index (κ1) is 23.2. The molecule has 10 heteroatoms. The van der Waals surface area contributed by atoms with Crippen molar-refractivity contribution in [3.05, 3.63) is 34.8 Å². The number of carbonyl (C=O) groups is 1. The van der Waals surface area contributed by atoms with Crippen molar-refractivity contribution in [2.24, 2.45) is 0 Å². The number of thiazole rings is 1. The molecule has 2 aliphatic rings. The zero-order valence-electron chi connectivity index (χ0n) is 18.5. The van der Waals surface area contributed by atoms with Crippen LogP contribution in [0.25, 0.3) is 0 Å². The summed E-state index contributed by atoms with van der Waals surface area (Å²) in [5.74, 6) is -0.0920. The van der Waals surface area contributed by atoms with Gasteiger partial charge in [-0.3, -0.25) is 10.1 Å². The Morgan fingerprint density at radius 3 is 2.50 bits per heavy atom. The molecule has 0 unspecified atom stereocenters. The first-order valence-electron chi connectivity index (χ1n) is 11.1. The van der Waals surface area contributed by atoms with Crippen LogP contribution in [0.3, 0.4) is 0 Å². The van der Waals surface area contributed by atoms with Crippen LogP contribution >= 0.6 is 11.3 Å². The van der Waals surface area contributed by atoms with Crippen LogP contribution in [-0.4, -0.2) is 63.0 Å². The lowest BCUT2D eigenvalue weighted by molar-refractivity contribution is 0.102. The molecule has 0 bridgehead atoms. The van der Waals surface area contributed by atoms with Crippen LogP contribution in [0, 0.1) is 0 Å². The maximum absolute atomic E-state index is 13.3. The summed E-state index contributed by atoms with van der Waals surface area (Å²) in [5, 5.41) is 5.31. The standard InChI is InChI=1S/C22H30N4O4S2/c1-16(2)19-15-31-22(23-19)24-21(27)18-14-17(32(28,29)26-8-4-3-5-9-26)6-7-20(18)25-10-12-30-13-11-25/h6-7,14-16H,3-5,8-13H2,1-2H3,(H,23,24,27). The third-order valence-corrected chi connectivity index (χ3v) is 8.52. The number of aromatic nitrogens is 1. The Morgan fingerprint density at radius 1 is 1.12 bits per heavy atom. The predicted octanol–water partition coefficient (Wildman–Crippen LogP) is 3.53. The molecule has 3 heterocycles. The Balaban J connectivity index is 1.67. The van der Waals surface area contributed by atoms with Crippen LogP contribution in [0.4, 0.5) is 10.8 Å². The van der Waals surface area contributed by atoms with Gasteiger partial charge in [0.1, 0.15) is 0 Å². The fourth-order valence-electron chi connectivity index (χ4n) is 3.97. The van der Waals surface area contributed by atoms with Gasteiger partial charge in [0.15, 0.2) is 5.13 Å². The lowest BCUT2D eigenvalue weighted by atomic mass is 10.1. The average Bonchev–Trinajstić information content (AvgIpc) is 3.28. The molecule has 1 aromatic carbocycles. The molecule has 2 aliphatic heterocycles. The molecule has 2 saturated heterocycles. The van der Waals surface area contributed by atoms with Gasteiger partial charge in [-0.15, -0.1) is 11.3 Å². The van der Waals surface area contributed by atoms with Crippen molar-refractivity contribution in [3.8, 4) is 0 Å². The third kappa shape index (κ3) is 4.98. The molecule has 1 amide bonds. The topological polar surface area (TPSA) is 91.8 Å². The highest BCUT2D eigenvalue weighted by Crippen LogP contribution is 2.29. The zero-order valence-corrected chi connectivity index (χ0v) is 20.2. The molecule has 0 saturated carbocycles. The number of rotatable bonds is 6. The van der Waals surface area contributed by atoms with Crippen molar-refractivity contribution in [1.29, 1.82) is 0 Å². The van der Waals surface area contributed by atoms with Gasteiger partial charge in [-0.2, -0.15) is 4.31 Å². The van der Waals surface area contributed by atoms with Gasteiger partial charge in [0, 0.05) is 37.2 Å². The average molecular weight is 479 g/mol. The van der Waals surface area contributed by atoms with E-state index in [1.54, 1.807) is 12.1 Å². The summed E-state index contributed by atoms with van der Waals surface area (Å²) in [6, 6.07) is 4.88. The maximum atomic E-state index is 13.3. The van der Waals surface area contributed by atoms with E-state index in [2.05, 4.69) is 15.2 Å². The fourth-order valence-corrected chi connectivity index (χ4v) is 6.38. The zero-order chi connectivity index (χ0) is 22.7. The second-order valence-electron chi connectivity index (χ2n) is 8.43. The van der Waals surface area contributed by atoms with Gasteiger partial charge in [0.2, 0.25) is 10.0 Å². The summed E-state index contributed by atoms with van der Waals surface area (Å²) < 4.78 is 33.4. The molecule has 1 N–H and O–H groups in total. The molecule has 8 nitrogen and oxygen atoms in total. The molecule has 0 spiro atoms. The molecule has 0 radical (unpaired) electrons. The molecular formula is C22H30N4O4S2. The number of hydrogen-bond acceptors (Lipinski definition) is 7. The molecular weight excluding hydrogens is 448 g/mol. The second kappa shape index (κ2) is 9.86. The third-order valence-electron chi connectivity index (χ3n) is 5.85. The normalized spacial score (nSPS) is 18.2. The molecule has 0 aliphatic carbocycles. The van der Waals surface area contributed by atoms with Crippen LogP contribution < -0.4 is 10.2 Å². The Morgan fingerprint density at radius 2 is 1.84 bits per heavy atom. The lowest BCUT2D eigenvalue weighted by Crippen LogP contribution is -2.38. The Bertz CT molecular complexity index is 1060. The van der Waals surface area contributed by atoms with Gasteiger partial charge in [-0.25, -0.2) is 13.4 Å². The number of anilines is 2.